The van der Waals surface area contributed by atoms with Crippen LogP contribution in [0, 0.1) is 0 Å². The molecule has 4 heteroatoms. The van der Waals surface area contributed by atoms with Crippen molar-refractivity contribution in [2.45, 2.75) is 26.4 Å². The van der Waals surface area contributed by atoms with Gasteiger partial charge in [0.05, 0.1) is 6.61 Å². The maximum Gasteiger partial charge on any atom is 0.492 e. The van der Waals surface area contributed by atoms with E-state index in [0.29, 0.717) is 6.61 Å². The van der Waals surface area contributed by atoms with E-state index in [-0.39, 0.29) is 11.7 Å². The SMILES string of the molecule is CC(C)c1c(O)ccc2c1B(O)OC2. The lowest BCUT2D eigenvalue weighted by molar-refractivity contribution is 0.275. The molecule has 74 valence electrons. The molecule has 0 amide bonds. The standard InChI is InChI=1S/C10H13BO3/c1-6(2)9-8(12)4-3-7-5-14-11(13)10(7)9/h3-4,6,12-13H,5H2,1-2H3. The molecule has 2 rings (SSSR count). The third kappa shape index (κ3) is 1.31. The number of hydrogen-bond donors (Lipinski definition) is 2. The van der Waals surface area contributed by atoms with Gasteiger partial charge in [-0.1, -0.05) is 19.9 Å². The van der Waals surface area contributed by atoms with Crippen LogP contribution >= 0.6 is 0 Å². The van der Waals surface area contributed by atoms with Crippen LogP contribution in [0.1, 0.15) is 30.9 Å². The lowest BCUT2D eigenvalue weighted by Gasteiger charge is -2.13. The summed E-state index contributed by atoms with van der Waals surface area (Å²) in [5.74, 6) is 0.421. The first kappa shape index (κ1) is 9.56. The molecule has 0 aromatic heterocycles. The van der Waals surface area contributed by atoms with Gasteiger partial charge < -0.3 is 14.8 Å². The molecular formula is C10H13BO3. The van der Waals surface area contributed by atoms with Gasteiger partial charge in [-0.05, 0) is 28.6 Å². The number of benzene rings is 1. The van der Waals surface area contributed by atoms with Crippen LogP contribution in [0.15, 0.2) is 12.1 Å². The highest BCUT2D eigenvalue weighted by molar-refractivity contribution is 6.62. The zero-order chi connectivity index (χ0) is 10.3. The first-order valence-electron chi connectivity index (χ1n) is 4.75. The summed E-state index contributed by atoms with van der Waals surface area (Å²) >= 11 is 0. The second-order valence-corrected chi connectivity index (χ2v) is 3.89. The Kier molecular flexibility index (Phi) is 2.25. The van der Waals surface area contributed by atoms with Gasteiger partial charge in [0.25, 0.3) is 0 Å². The van der Waals surface area contributed by atoms with Crippen LogP contribution in [-0.4, -0.2) is 17.2 Å². The molecule has 3 nitrogen and oxygen atoms in total. The Bertz CT molecular complexity index is 363. The summed E-state index contributed by atoms with van der Waals surface area (Å²) in [5.41, 5.74) is 2.52. The number of rotatable bonds is 1. The smallest absolute Gasteiger partial charge is 0.492 e. The average Bonchev–Trinajstić information content (AvgIpc) is 2.47. The lowest BCUT2D eigenvalue weighted by Crippen LogP contribution is -2.32. The molecule has 14 heavy (non-hydrogen) atoms. The van der Waals surface area contributed by atoms with Gasteiger partial charge in [-0.15, -0.1) is 0 Å². The highest BCUT2D eigenvalue weighted by atomic mass is 16.5. The fourth-order valence-electron chi connectivity index (χ4n) is 1.95. The van der Waals surface area contributed by atoms with Crippen LogP contribution in [-0.2, 0) is 11.3 Å². The second kappa shape index (κ2) is 3.30. The van der Waals surface area contributed by atoms with Crippen LogP contribution in [0.25, 0.3) is 0 Å². The van der Waals surface area contributed by atoms with Crippen molar-refractivity contribution >= 4 is 12.6 Å². The normalized spacial score (nSPS) is 15.0. The molecule has 0 saturated carbocycles. The molecule has 1 aliphatic heterocycles. The van der Waals surface area contributed by atoms with Crippen LogP contribution < -0.4 is 5.46 Å². The second-order valence-electron chi connectivity index (χ2n) is 3.89. The molecule has 0 unspecified atom stereocenters. The summed E-state index contributed by atoms with van der Waals surface area (Å²) in [7, 11) is -0.880. The van der Waals surface area contributed by atoms with Crippen LogP contribution in [0.5, 0.6) is 5.75 Å². The molecule has 0 fully saturated rings. The molecule has 0 bridgehead atoms. The van der Waals surface area contributed by atoms with Crippen molar-refractivity contribution in [1.82, 2.24) is 0 Å². The average molecular weight is 192 g/mol. The fraction of sp³-hybridized carbons (Fsp3) is 0.400. The maximum absolute atomic E-state index is 9.70. The molecule has 1 heterocycles. The lowest BCUT2D eigenvalue weighted by atomic mass is 9.73. The fourth-order valence-corrected chi connectivity index (χ4v) is 1.95. The predicted octanol–water partition coefficient (Wildman–Crippen LogP) is 0.733. The molecule has 1 aromatic carbocycles. The molecular weight excluding hydrogens is 179 g/mol. The summed E-state index contributed by atoms with van der Waals surface area (Å²) in [4.78, 5) is 0. The molecule has 0 spiro atoms. The highest BCUT2D eigenvalue weighted by Gasteiger charge is 2.32. The number of hydrogen-bond acceptors (Lipinski definition) is 3. The zero-order valence-electron chi connectivity index (χ0n) is 8.32. The topological polar surface area (TPSA) is 49.7 Å². The maximum atomic E-state index is 9.70. The van der Waals surface area contributed by atoms with Gasteiger partial charge in [-0.3, -0.25) is 0 Å². The van der Waals surface area contributed by atoms with Gasteiger partial charge in [0, 0.05) is 0 Å². The van der Waals surface area contributed by atoms with Crippen LogP contribution in [0.3, 0.4) is 0 Å². The molecule has 1 aliphatic rings. The van der Waals surface area contributed by atoms with Crippen molar-refractivity contribution in [3.63, 3.8) is 0 Å². The minimum absolute atomic E-state index is 0.182. The summed E-state index contributed by atoms with van der Waals surface area (Å²) in [6.45, 7) is 4.40. The Morgan fingerprint density at radius 1 is 1.43 bits per heavy atom. The third-order valence-electron chi connectivity index (χ3n) is 2.58. The Balaban J connectivity index is 2.62. The van der Waals surface area contributed by atoms with Gasteiger partial charge >= 0.3 is 7.12 Å². The van der Waals surface area contributed by atoms with Crippen molar-refractivity contribution in [1.29, 1.82) is 0 Å². The predicted molar refractivity (Wildman–Crippen MR) is 54.6 cm³/mol. The van der Waals surface area contributed by atoms with Gasteiger partial charge in [0.1, 0.15) is 5.75 Å². The van der Waals surface area contributed by atoms with Crippen molar-refractivity contribution < 1.29 is 14.8 Å². The van der Waals surface area contributed by atoms with Crippen molar-refractivity contribution in [2.75, 3.05) is 0 Å². The van der Waals surface area contributed by atoms with Crippen LogP contribution in [0.2, 0.25) is 0 Å². The van der Waals surface area contributed by atoms with E-state index >= 15 is 0 Å². The molecule has 2 N–H and O–H groups in total. The van der Waals surface area contributed by atoms with Gasteiger partial charge in [0.2, 0.25) is 0 Å². The molecule has 0 saturated heterocycles. The number of aromatic hydroxyl groups is 1. The highest BCUT2D eigenvalue weighted by Crippen LogP contribution is 2.27. The summed E-state index contributed by atoms with van der Waals surface area (Å²) < 4.78 is 5.11. The van der Waals surface area contributed by atoms with Gasteiger partial charge in [0.15, 0.2) is 0 Å². The Hall–Kier alpha value is -0.995. The number of phenolic OH excluding ortho intramolecular Hbond substituents is 1. The minimum atomic E-state index is -0.880. The molecule has 0 radical (unpaired) electrons. The summed E-state index contributed by atoms with van der Waals surface area (Å²) in [6.07, 6.45) is 0. The van der Waals surface area contributed by atoms with Gasteiger partial charge in [-0.25, -0.2) is 0 Å². The Morgan fingerprint density at radius 2 is 2.14 bits per heavy atom. The van der Waals surface area contributed by atoms with Gasteiger partial charge in [-0.2, -0.15) is 0 Å². The van der Waals surface area contributed by atoms with E-state index in [1.807, 2.05) is 13.8 Å². The van der Waals surface area contributed by atoms with E-state index in [0.717, 1.165) is 16.6 Å². The van der Waals surface area contributed by atoms with E-state index in [9.17, 15) is 10.1 Å². The molecule has 0 atom stereocenters. The molecule has 1 aromatic rings. The number of fused-ring (bicyclic) bond motifs is 1. The van der Waals surface area contributed by atoms with E-state index in [1.54, 1.807) is 12.1 Å². The van der Waals surface area contributed by atoms with Crippen molar-refractivity contribution in [3.8, 4) is 5.75 Å². The summed E-state index contributed by atoms with van der Waals surface area (Å²) in [5, 5.41) is 19.3. The zero-order valence-corrected chi connectivity index (χ0v) is 8.32. The molecule has 0 aliphatic carbocycles. The van der Waals surface area contributed by atoms with E-state index in [4.69, 9.17) is 4.65 Å². The van der Waals surface area contributed by atoms with Crippen molar-refractivity contribution in [2.24, 2.45) is 0 Å². The monoisotopic (exact) mass is 192 g/mol. The first-order valence-corrected chi connectivity index (χ1v) is 4.75. The quantitative estimate of drug-likeness (QED) is 0.645. The third-order valence-corrected chi connectivity index (χ3v) is 2.58. The first-order chi connectivity index (χ1) is 6.61. The Morgan fingerprint density at radius 3 is 2.79 bits per heavy atom. The van der Waals surface area contributed by atoms with Crippen molar-refractivity contribution in [3.05, 3.63) is 23.3 Å². The van der Waals surface area contributed by atoms with E-state index in [2.05, 4.69) is 0 Å². The van der Waals surface area contributed by atoms with Crippen LogP contribution in [0.4, 0.5) is 0 Å². The number of phenols is 1. The Labute approximate surface area is 83.5 Å². The van der Waals surface area contributed by atoms with E-state index in [1.165, 1.54) is 0 Å². The summed E-state index contributed by atoms with van der Waals surface area (Å²) in [6, 6.07) is 3.46. The minimum Gasteiger partial charge on any atom is -0.508 e. The van der Waals surface area contributed by atoms with E-state index < -0.39 is 7.12 Å². The largest absolute Gasteiger partial charge is 0.508 e.